The van der Waals surface area contributed by atoms with Gasteiger partial charge in [0.1, 0.15) is 6.17 Å². The fraction of sp³-hybridized carbons (Fsp3) is 0.0625. The Labute approximate surface area is 126 Å². The van der Waals surface area contributed by atoms with E-state index in [1.165, 1.54) is 12.1 Å². The normalized spacial score (nSPS) is 16.7. The van der Waals surface area contributed by atoms with E-state index in [0.717, 1.165) is 11.3 Å². The predicted octanol–water partition coefficient (Wildman–Crippen LogP) is 2.79. The Morgan fingerprint density at radius 1 is 1.05 bits per heavy atom. The quantitative estimate of drug-likeness (QED) is 0.673. The highest BCUT2D eigenvalue weighted by molar-refractivity contribution is 6.01. The number of fused-ring (bicyclic) bond motifs is 1. The van der Waals surface area contributed by atoms with Crippen LogP contribution in [-0.2, 0) is 0 Å². The molecule has 1 unspecified atom stereocenters. The van der Waals surface area contributed by atoms with Gasteiger partial charge in [0.25, 0.3) is 11.6 Å². The number of anilines is 1. The minimum absolute atomic E-state index is 0.0511. The van der Waals surface area contributed by atoms with E-state index in [1.54, 1.807) is 30.4 Å². The molecule has 0 spiro atoms. The van der Waals surface area contributed by atoms with E-state index >= 15 is 0 Å². The van der Waals surface area contributed by atoms with Crippen molar-refractivity contribution in [3.63, 3.8) is 0 Å². The summed E-state index contributed by atoms with van der Waals surface area (Å²) < 4.78 is 0. The third-order valence-electron chi connectivity index (χ3n) is 3.35. The van der Waals surface area contributed by atoms with Crippen LogP contribution >= 0.6 is 0 Å². The highest BCUT2D eigenvalue weighted by Crippen LogP contribution is 2.20. The van der Waals surface area contributed by atoms with Gasteiger partial charge in [-0.2, -0.15) is 0 Å². The lowest BCUT2D eigenvalue weighted by Crippen LogP contribution is -2.43. The SMILES string of the molecule is O=C1NC(/C=C\c2ccc([N+](=O)[O-])cc2)Nc2ccccc21. The lowest BCUT2D eigenvalue weighted by atomic mass is 10.1. The van der Waals surface area contributed by atoms with E-state index in [0.29, 0.717) is 5.56 Å². The van der Waals surface area contributed by atoms with Gasteiger partial charge in [-0.15, -0.1) is 0 Å². The molecule has 0 saturated carbocycles. The predicted molar refractivity (Wildman–Crippen MR) is 83.4 cm³/mol. The van der Waals surface area contributed by atoms with Crippen LogP contribution in [0.15, 0.2) is 54.6 Å². The first-order valence-corrected chi connectivity index (χ1v) is 6.72. The first kappa shape index (κ1) is 13.8. The van der Waals surface area contributed by atoms with E-state index in [-0.39, 0.29) is 17.8 Å². The van der Waals surface area contributed by atoms with Crippen molar-refractivity contribution in [3.8, 4) is 0 Å². The van der Waals surface area contributed by atoms with Crippen LogP contribution in [0.4, 0.5) is 11.4 Å². The Bertz CT molecular complexity index is 753. The number of carbonyl (C=O) groups is 1. The second kappa shape index (κ2) is 5.69. The van der Waals surface area contributed by atoms with Gasteiger partial charge >= 0.3 is 0 Å². The summed E-state index contributed by atoms with van der Waals surface area (Å²) in [5.74, 6) is -0.132. The van der Waals surface area contributed by atoms with Crippen molar-refractivity contribution in [1.29, 1.82) is 0 Å². The summed E-state index contributed by atoms with van der Waals surface area (Å²) in [5.41, 5.74) is 2.27. The molecular weight excluding hydrogens is 282 g/mol. The van der Waals surface area contributed by atoms with Gasteiger partial charge in [0.2, 0.25) is 0 Å². The number of hydrogen-bond donors (Lipinski definition) is 2. The number of para-hydroxylation sites is 1. The molecular formula is C16H13N3O3. The molecule has 1 aliphatic heterocycles. The van der Waals surface area contributed by atoms with Crippen LogP contribution in [0.25, 0.3) is 6.08 Å². The Morgan fingerprint density at radius 3 is 2.50 bits per heavy atom. The molecule has 0 fully saturated rings. The van der Waals surface area contributed by atoms with Gasteiger partial charge in [-0.1, -0.05) is 18.2 Å². The number of carbonyl (C=O) groups excluding carboxylic acids is 1. The average Bonchev–Trinajstić information content (AvgIpc) is 2.53. The number of rotatable bonds is 3. The highest BCUT2D eigenvalue weighted by atomic mass is 16.6. The molecule has 22 heavy (non-hydrogen) atoms. The first-order chi connectivity index (χ1) is 10.6. The molecule has 0 aliphatic carbocycles. The van der Waals surface area contributed by atoms with Crippen molar-refractivity contribution >= 4 is 23.4 Å². The number of non-ortho nitro benzene ring substituents is 1. The summed E-state index contributed by atoms with van der Waals surface area (Å²) in [6, 6.07) is 13.5. The van der Waals surface area contributed by atoms with Crippen molar-refractivity contribution in [3.05, 3.63) is 75.8 Å². The summed E-state index contributed by atoms with van der Waals surface area (Å²) >= 11 is 0. The van der Waals surface area contributed by atoms with Crippen molar-refractivity contribution in [2.45, 2.75) is 6.17 Å². The maximum absolute atomic E-state index is 12.0. The van der Waals surface area contributed by atoms with Gasteiger partial charge in [-0.05, 0) is 35.9 Å². The molecule has 6 heteroatoms. The van der Waals surface area contributed by atoms with Gasteiger partial charge in [-0.3, -0.25) is 14.9 Å². The summed E-state index contributed by atoms with van der Waals surface area (Å²) in [6.45, 7) is 0. The van der Waals surface area contributed by atoms with Crippen LogP contribution < -0.4 is 10.6 Å². The molecule has 2 N–H and O–H groups in total. The third-order valence-corrected chi connectivity index (χ3v) is 3.35. The molecule has 2 aromatic carbocycles. The molecule has 2 aromatic rings. The fourth-order valence-electron chi connectivity index (χ4n) is 2.24. The van der Waals surface area contributed by atoms with E-state index in [9.17, 15) is 14.9 Å². The summed E-state index contributed by atoms with van der Waals surface area (Å²) in [6.07, 6.45) is 3.28. The minimum atomic E-state index is -0.437. The van der Waals surface area contributed by atoms with Gasteiger partial charge in [0, 0.05) is 17.8 Å². The number of nitro groups is 1. The Balaban J connectivity index is 1.74. The average molecular weight is 295 g/mol. The number of benzene rings is 2. The summed E-state index contributed by atoms with van der Waals surface area (Å²) in [7, 11) is 0. The van der Waals surface area contributed by atoms with Crippen LogP contribution in [0, 0.1) is 10.1 Å². The van der Waals surface area contributed by atoms with E-state index in [2.05, 4.69) is 10.6 Å². The van der Waals surface area contributed by atoms with Crippen LogP contribution in [0.3, 0.4) is 0 Å². The van der Waals surface area contributed by atoms with Gasteiger partial charge in [-0.25, -0.2) is 0 Å². The zero-order valence-corrected chi connectivity index (χ0v) is 11.5. The second-order valence-electron chi connectivity index (χ2n) is 4.85. The maximum atomic E-state index is 12.0. The first-order valence-electron chi connectivity index (χ1n) is 6.72. The molecule has 110 valence electrons. The molecule has 0 saturated heterocycles. The van der Waals surface area contributed by atoms with Crippen LogP contribution in [-0.4, -0.2) is 17.0 Å². The monoisotopic (exact) mass is 295 g/mol. The van der Waals surface area contributed by atoms with Gasteiger partial charge in [0.05, 0.1) is 10.5 Å². The molecule has 6 nitrogen and oxygen atoms in total. The lowest BCUT2D eigenvalue weighted by Gasteiger charge is -2.25. The zero-order valence-electron chi connectivity index (χ0n) is 11.5. The molecule has 1 heterocycles. The minimum Gasteiger partial charge on any atom is -0.361 e. The summed E-state index contributed by atoms with van der Waals surface area (Å²) in [4.78, 5) is 22.1. The van der Waals surface area contributed by atoms with Gasteiger partial charge in [0.15, 0.2) is 0 Å². The van der Waals surface area contributed by atoms with E-state index in [1.807, 2.05) is 18.2 Å². The lowest BCUT2D eigenvalue weighted by molar-refractivity contribution is -0.384. The van der Waals surface area contributed by atoms with Crippen LogP contribution in [0.5, 0.6) is 0 Å². The molecule has 0 bridgehead atoms. The zero-order chi connectivity index (χ0) is 15.5. The number of amides is 1. The Hall–Kier alpha value is -3.15. The number of nitro benzene ring substituents is 1. The molecule has 1 amide bonds. The van der Waals surface area contributed by atoms with Crippen molar-refractivity contribution in [1.82, 2.24) is 5.32 Å². The van der Waals surface area contributed by atoms with Crippen molar-refractivity contribution < 1.29 is 9.72 Å². The fourth-order valence-corrected chi connectivity index (χ4v) is 2.24. The van der Waals surface area contributed by atoms with Crippen LogP contribution in [0.2, 0.25) is 0 Å². The third kappa shape index (κ3) is 2.80. The molecule has 0 aromatic heterocycles. The maximum Gasteiger partial charge on any atom is 0.269 e. The van der Waals surface area contributed by atoms with Crippen LogP contribution in [0.1, 0.15) is 15.9 Å². The smallest absolute Gasteiger partial charge is 0.269 e. The number of nitrogens with zero attached hydrogens (tertiary/aromatic N) is 1. The molecule has 3 rings (SSSR count). The molecule has 1 aliphatic rings. The topological polar surface area (TPSA) is 84.3 Å². The largest absolute Gasteiger partial charge is 0.361 e. The van der Waals surface area contributed by atoms with E-state index in [4.69, 9.17) is 0 Å². The number of nitrogens with one attached hydrogen (secondary N) is 2. The standard InChI is InChI=1S/C16H13N3O3/c20-16-13-3-1-2-4-14(13)17-15(18-16)10-7-11-5-8-12(9-6-11)19(21)22/h1-10,15,17H,(H,18,20)/b10-7-. The Morgan fingerprint density at radius 2 is 1.77 bits per heavy atom. The van der Waals surface area contributed by atoms with Crippen molar-refractivity contribution in [2.24, 2.45) is 0 Å². The number of hydrogen-bond acceptors (Lipinski definition) is 4. The van der Waals surface area contributed by atoms with Crippen molar-refractivity contribution in [2.75, 3.05) is 5.32 Å². The van der Waals surface area contributed by atoms with Gasteiger partial charge < -0.3 is 10.6 Å². The molecule has 1 atom stereocenters. The highest BCUT2D eigenvalue weighted by Gasteiger charge is 2.20. The molecule has 0 radical (unpaired) electrons. The Kier molecular flexibility index (Phi) is 3.57. The second-order valence-corrected chi connectivity index (χ2v) is 4.85. The summed E-state index contributed by atoms with van der Waals surface area (Å²) in [5, 5.41) is 16.6. The van der Waals surface area contributed by atoms with E-state index < -0.39 is 4.92 Å².